The predicted octanol–water partition coefficient (Wildman–Crippen LogP) is 4.63. The van der Waals surface area contributed by atoms with Crippen molar-refractivity contribution >= 4 is 11.6 Å². The molecule has 0 saturated heterocycles. The Bertz CT molecular complexity index is 373. The van der Waals surface area contributed by atoms with Crippen LogP contribution in [0, 0.1) is 0 Å². The second-order valence-corrected chi connectivity index (χ2v) is 6.33. The summed E-state index contributed by atoms with van der Waals surface area (Å²) in [6.45, 7) is 9.92. The average molecular weight is 297 g/mol. The van der Waals surface area contributed by atoms with E-state index in [0.717, 1.165) is 11.6 Å². The first-order valence-electron chi connectivity index (χ1n) is 7.74. The highest BCUT2D eigenvalue weighted by Crippen LogP contribution is 2.27. The highest BCUT2D eigenvalue weighted by Gasteiger charge is 2.25. The van der Waals surface area contributed by atoms with Gasteiger partial charge in [0, 0.05) is 23.1 Å². The van der Waals surface area contributed by atoms with Crippen LogP contribution in [0.1, 0.15) is 58.6 Å². The molecule has 1 aromatic carbocycles. The van der Waals surface area contributed by atoms with Crippen molar-refractivity contribution in [3.05, 3.63) is 34.9 Å². The van der Waals surface area contributed by atoms with Crippen molar-refractivity contribution in [1.29, 1.82) is 0 Å². The van der Waals surface area contributed by atoms with Gasteiger partial charge in [-0.1, -0.05) is 43.5 Å². The van der Waals surface area contributed by atoms with E-state index in [1.807, 2.05) is 12.1 Å². The molecule has 1 rings (SSSR count). The van der Waals surface area contributed by atoms with Crippen LogP contribution in [-0.4, -0.2) is 23.5 Å². The zero-order chi connectivity index (χ0) is 15.1. The molecule has 0 aliphatic carbocycles. The van der Waals surface area contributed by atoms with E-state index in [0.29, 0.717) is 6.04 Å². The fourth-order valence-electron chi connectivity index (χ4n) is 2.72. The van der Waals surface area contributed by atoms with Gasteiger partial charge in [-0.3, -0.25) is 4.90 Å². The van der Waals surface area contributed by atoms with Crippen molar-refractivity contribution in [2.75, 3.05) is 6.54 Å². The lowest BCUT2D eigenvalue weighted by atomic mass is 9.97. The second kappa shape index (κ2) is 8.66. The maximum Gasteiger partial charge on any atom is 0.0499 e. The highest BCUT2D eigenvalue weighted by atomic mass is 35.5. The number of hydrogen-bond donors (Lipinski definition) is 1. The molecule has 3 heteroatoms. The minimum Gasteiger partial charge on any atom is -0.326 e. The Balaban J connectivity index is 2.92. The molecule has 0 aromatic heterocycles. The minimum absolute atomic E-state index is 0.0974. The summed E-state index contributed by atoms with van der Waals surface area (Å²) in [4.78, 5) is 2.52. The summed E-state index contributed by atoms with van der Waals surface area (Å²) in [5, 5.41) is 0.777. The van der Waals surface area contributed by atoms with E-state index in [-0.39, 0.29) is 12.1 Å². The topological polar surface area (TPSA) is 29.3 Å². The van der Waals surface area contributed by atoms with Crippen LogP contribution in [0.3, 0.4) is 0 Å². The first-order valence-corrected chi connectivity index (χ1v) is 8.12. The molecular weight excluding hydrogens is 268 g/mol. The smallest absolute Gasteiger partial charge is 0.0499 e. The Morgan fingerprint density at radius 1 is 1.10 bits per heavy atom. The molecular formula is C17H29ClN2. The van der Waals surface area contributed by atoms with Crippen LogP contribution < -0.4 is 5.73 Å². The molecule has 0 aliphatic rings. The Kier molecular flexibility index (Phi) is 7.57. The molecule has 0 aliphatic heterocycles. The molecule has 0 saturated carbocycles. The summed E-state index contributed by atoms with van der Waals surface area (Å²) in [5.74, 6) is 0. The van der Waals surface area contributed by atoms with E-state index < -0.39 is 0 Å². The van der Waals surface area contributed by atoms with Crippen LogP contribution in [0.25, 0.3) is 0 Å². The number of rotatable bonds is 8. The maximum absolute atomic E-state index is 6.28. The fourth-order valence-corrected chi connectivity index (χ4v) is 2.85. The largest absolute Gasteiger partial charge is 0.326 e. The fraction of sp³-hybridized carbons (Fsp3) is 0.647. The lowest BCUT2D eigenvalue weighted by Gasteiger charge is -2.37. The normalized spacial score (nSPS) is 14.8. The Morgan fingerprint density at radius 3 is 2.15 bits per heavy atom. The number of halogens is 1. The van der Waals surface area contributed by atoms with Crippen molar-refractivity contribution in [2.24, 2.45) is 5.73 Å². The van der Waals surface area contributed by atoms with Crippen LogP contribution in [0.15, 0.2) is 24.3 Å². The van der Waals surface area contributed by atoms with Gasteiger partial charge >= 0.3 is 0 Å². The Morgan fingerprint density at radius 2 is 1.70 bits per heavy atom. The minimum atomic E-state index is 0.0974. The van der Waals surface area contributed by atoms with Crippen molar-refractivity contribution in [3.8, 4) is 0 Å². The quantitative estimate of drug-likeness (QED) is 0.709. The SMILES string of the molecule is CCCCCN(C(C)C)C(c1ccc(Cl)cc1)C(C)N. The van der Waals surface area contributed by atoms with Crippen LogP contribution in [0.4, 0.5) is 0 Å². The molecule has 0 heterocycles. The van der Waals surface area contributed by atoms with E-state index in [1.165, 1.54) is 24.8 Å². The molecule has 0 bridgehead atoms. The van der Waals surface area contributed by atoms with Gasteiger partial charge in [-0.05, 0) is 51.4 Å². The predicted molar refractivity (Wildman–Crippen MR) is 89.2 cm³/mol. The zero-order valence-corrected chi connectivity index (χ0v) is 14.0. The lowest BCUT2D eigenvalue weighted by Crippen LogP contribution is -2.43. The summed E-state index contributed by atoms with van der Waals surface area (Å²) in [6, 6.07) is 8.95. The van der Waals surface area contributed by atoms with Gasteiger partial charge in [0.1, 0.15) is 0 Å². The summed E-state index contributed by atoms with van der Waals surface area (Å²) in [7, 11) is 0. The number of nitrogens with zero attached hydrogens (tertiary/aromatic N) is 1. The van der Waals surface area contributed by atoms with Crippen LogP contribution in [-0.2, 0) is 0 Å². The maximum atomic E-state index is 6.28. The summed E-state index contributed by atoms with van der Waals surface area (Å²) < 4.78 is 0. The molecule has 2 N–H and O–H groups in total. The summed E-state index contributed by atoms with van der Waals surface area (Å²) in [6.07, 6.45) is 3.75. The zero-order valence-electron chi connectivity index (χ0n) is 13.3. The summed E-state index contributed by atoms with van der Waals surface area (Å²) >= 11 is 6.00. The van der Waals surface area contributed by atoms with E-state index in [9.17, 15) is 0 Å². The average Bonchev–Trinajstić information content (AvgIpc) is 2.39. The monoisotopic (exact) mass is 296 g/mol. The van der Waals surface area contributed by atoms with Gasteiger partial charge in [0.25, 0.3) is 0 Å². The molecule has 0 fully saturated rings. The molecule has 0 radical (unpaired) electrons. The second-order valence-electron chi connectivity index (χ2n) is 5.89. The molecule has 2 nitrogen and oxygen atoms in total. The van der Waals surface area contributed by atoms with Crippen LogP contribution in [0.2, 0.25) is 5.02 Å². The van der Waals surface area contributed by atoms with Crippen molar-refractivity contribution in [3.63, 3.8) is 0 Å². The number of nitrogens with two attached hydrogens (primary N) is 1. The number of hydrogen-bond acceptors (Lipinski definition) is 2. The van der Waals surface area contributed by atoms with Gasteiger partial charge in [0.05, 0.1) is 0 Å². The number of benzene rings is 1. The molecule has 2 unspecified atom stereocenters. The molecule has 1 aromatic rings. The molecule has 0 spiro atoms. The summed E-state index contributed by atoms with van der Waals surface area (Å²) in [5.41, 5.74) is 7.53. The molecule has 114 valence electrons. The third-order valence-corrected chi connectivity index (χ3v) is 4.00. The van der Waals surface area contributed by atoms with Crippen molar-refractivity contribution in [2.45, 2.75) is 65.1 Å². The van der Waals surface area contributed by atoms with E-state index in [1.54, 1.807) is 0 Å². The Labute approximate surface area is 129 Å². The van der Waals surface area contributed by atoms with Crippen molar-refractivity contribution in [1.82, 2.24) is 4.90 Å². The van der Waals surface area contributed by atoms with Crippen molar-refractivity contribution < 1.29 is 0 Å². The standard InChI is InChI=1S/C17H29ClN2/c1-5-6-7-12-20(13(2)3)17(14(4)19)15-8-10-16(18)11-9-15/h8-11,13-14,17H,5-7,12,19H2,1-4H3. The highest BCUT2D eigenvalue weighted by molar-refractivity contribution is 6.30. The van der Waals surface area contributed by atoms with E-state index in [2.05, 4.69) is 44.7 Å². The molecule has 20 heavy (non-hydrogen) atoms. The third-order valence-electron chi connectivity index (χ3n) is 3.75. The van der Waals surface area contributed by atoms with Gasteiger partial charge in [-0.15, -0.1) is 0 Å². The van der Waals surface area contributed by atoms with Gasteiger partial charge < -0.3 is 5.73 Å². The third kappa shape index (κ3) is 5.08. The van der Waals surface area contributed by atoms with Gasteiger partial charge in [0.2, 0.25) is 0 Å². The molecule has 0 amide bonds. The van der Waals surface area contributed by atoms with E-state index >= 15 is 0 Å². The lowest BCUT2D eigenvalue weighted by molar-refractivity contribution is 0.133. The Hall–Kier alpha value is -0.570. The van der Waals surface area contributed by atoms with Gasteiger partial charge in [0.15, 0.2) is 0 Å². The first-order chi connectivity index (χ1) is 9.47. The van der Waals surface area contributed by atoms with Gasteiger partial charge in [-0.25, -0.2) is 0 Å². The van der Waals surface area contributed by atoms with Crippen LogP contribution in [0.5, 0.6) is 0 Å². The van der Waals surface area contributed by atoms with E-state index in [4.69, 9.17) is 17.3 Å². The number of unbranched alkanes of at least 4 members (excludes halogenated alkanes) is 2. The first kappa shape index (κ1) is 17.5. The molecule has 2 atom stereocenters. The van der Waals surface area contributed by atoms with Crippen LogP contribution >= 0.6 is 11.6 Å². The van der Waals surface area contributed by atoms with Gasteiger partial charge in [-0.2, -0.15) is 0 Å².